The number of halogens is 2. The highest BCUT2D eigenvalue weighted by molar-refractivity contribution is 5.78. The highest BCUT2D eigenvalue weighted by Crippen LogP contribution is 2.39. The molecule has 3 atom stereocenters. The average molecular weight is 382 g/mol. The Kier molecular flexibility index (Phi) is 5.05. The van der Waals surface area contributed by atoms with Gasteiger partial charge in [-0.1, -0.05) is 18.2 Å². The molecule has 0 radical (unpaired) electrons. The molecular formula is C22H20F2N2O2. The van der Waals surface area contributed by atoms with E-state index in [0.717, 1.165) is 22.5 Å². The van der Waals surface area contributed by atoms with E-state index in [1.807, 2.05) is 30.3 Å². The van der Waals surface area contributed by atoms with E-state index in [-0.39, 0.29) is 18.1 Å². The van der Waals surface area contributed by atoms with Crippen LogP contribution in [0.15, 0.2) is 54.7 Å². The van der Waals surface area contributed by atoms with E-state index in [2.05, 4.69) is 10.3 Å². The molecule has 0 unspecified atom stereocenters. The molecule has 1 saturated heterocycles. The number of benzene rings is 2. The van der Waals surface area contributed by atoms with Crippen LogP contribution in [0.1, 0.15) is 43.1 Å². The molecule has 1 N–H and O–H groups in total. The molecule has 1 aliphatic heterocycles. The van der Waals surface area contributed by atoms with Crippen molar-refractivity contribution in [3.8, 4) is 0 Å². The Hall–Kier alpha value is -2.86. The quantitative estimate of drug-likeness (QED) is 0.720. The first-order valence-corrected chi connectivity index (χ1v) is 9.21. The van der Waals surface area contributed by atoms with Crippen LogP contribution < -0.4 is 5.32 Å². The molecule has 144 valence electrons. The molecular weight excluding hydrogens is 362 g/mol. The summed E-state index contributed by atoms with van der Waals surface area (Å²) in [5, 5.41) is 3.91. The second-order valence-electron chi connectivity index (χ2n) is 7.15. The third kappa shape index (κ3) is 4.02. The van der Waals surface area contributed by atoms with E-state index in [9.17, 15) is 13.6 Å². The number of carbonyl (C=O) groups excluding carboxylic acids is 1. The predicted molar refractivity (Wildman–Crippen MR) is 102 cm³/mol. The fourth-order valence-corrected chi connectivity index (χ4v) is 3.78. The van der Waals surface area contributed by atoms with Crippen LogP contribution in [0, 0.1) is 11.6 Å². The van der Waals surface area contributed by atoms with Gasteiger partial charge >= 0.3 is 0 Å². The van der Waals surface area contributed by atoms with Crippen LogP contribution in [0.25, 0.3) is 10.9 Å². The Morgan fingerprint density at radius 3 is 2.43 bits per heavy atom. The Morgan fingerprint density at radius 2 is 1.71 bits per heavy atom. The van der Waals surface area contributed by atoms with Crippen molar-refractivity contribution in [1.29, 1.82) is 0 Å². The number of rotatable bonds is 3. The minimum atomic E-state index is -0.649. The predicted octanol–water partition coefficient (Wildman–Crippen LogP) is 4.61. The first-order chi connectivity index (χ1) is 13.5. The lowest BCUT2D eigenvalue weighted by Crippen LogP contribution is -2.39. The number of hydrogen-bond donors (Lipinski definition) is 1. The maximum absolute atomic E-state index is 13.7. The molecule has 0 spiro atoms. The summed E-state index contributed by atoms with van der Waals surface area (Å²) in [6.07, 6.45) is 1.88. The van der Waals surface area contributed by atoms with Crippen LogP contribution in [-0.2, 0) is 9.53 Å². The number of nitrogens with zero attached hydrogens (tertiary/aromatic N) is 1. The van der Waals surface area contributed by atoms with Crippen LogP contribution in [0.2, 0.25) is 0 Å². The number of amides is 1. The zero-order chi connectivity index (χ0) is 19.7. The van der Waals surface area contributed by atoms with Gasteiger partial charge in [0.25, 0.3) is 0 Å². The minimum Gasteiger partial charge on any atom is -0.365 e. The highest BCUT2D eigenvalue weighted by Gasteiger charge is 2.32. The number of aromatic nitrogens is 1. The molecule has 4 nitrogen and oxygen atoms in total. The number of carbonyl (C=O) groups is 1. The Labute approximate surface area is 161 Å². The zero-order valence-electron chi connectivity index (χ0n) is 15.4. The van der Waals surface area contributed by atoms with Crippen LogP contribution in [0.3, 0.4) is 0 Å². The zero-order valence-corrected chi connectivity index (χ0v) is 15.4. The standard InChI is InChI=1S/C22H20F2N2O2/c1-13(27)26-19-10-21(15-7-17(23)9-18(24)8-15)28-22(11-19)16-6-14-4-2-3-5-20(14)25-12-16/h2-9,12,19,21-22H,10-11H2,1H3,(H,26,27)/t19-,21-,22+/m1/s1. The van der Waals surface area contributed by atoms with E-state index < -0.39 is 17.7 Å². The maximum Gasteiger partial charge on any atom is 0.217 e. The number of hydrogen-bond acceptors (Lipinski definition) is 3. The molecule has 1 fully saturated rings. The van der Waals surface area contributed by atoms with Gasteiger partial charge in [0, 0.05) is 30.6 Å². The molecule has 1 aliphatic rings. The van der Waals surface area contributed by atoms with Crippen molar-refractivity contribution < 1.29 is 18.3 Å². The largest absolute Gasteiger partial charge is 0.365 e. The normalized spacial score (nSPS) is 22.2. The summed E-state index contributed by atoms with van der Waals surface area (Å²) in [6, 6.07) is 13.0. The molecule has 2 heterocycles. The van der Waals surface area contributed by atoms with E-state index in [0.29, 0.717) is 18.4 Å². The van der Waals surface area contributed by atoms with Crippen molar-refractivity contribution in [2.24, 2.45) is 0 Å². The molecule has 1 aromatic heterocycles. The lowest BCUT2D eigenvalue weighted by Gasteiger charge is -2.36. The van der Waals surface area contributed by atoms with Gasteiger partial charge in [0.1, 0.15) is 11.6 Å². The average Bonchev–Trinajstić information content (AvgIpc) is 2.66. The topological polar surface area (TPSA) is 51.2 Å². The minimum absolute atomic E-state index is 0.147. The van der Waals surface area contributed by atoms with Gasteiger partial charge < -0.3 is 10.1 Å². The monoisotopic (exact) mass is 382 g/mol. The maximum atomic E-state index is 13.7. The van der Waals surface area contributed by atoms with Crippen LogP contribution in [0.4, 0.5) is 8.78 Å². The van der Waals surface area contributed by atoms with Gasteiger partial charge in [-0.15, -0.1) is 0 Å². The molecule has 4 rings (SSSR count). The van der Waals surface area contributed by atoms with Crippen LogP contribution in [-0.4, -0.2) is 16.9 Å². The fraction of sp³-hybridized carbons (Fsp3) is 0.273. The van der Waals surface area contributed by atoms with Gasteiger partial charge in [0.05, 0.1) is 17.7 Å². The van der Waals surface area contributed by atoms with Crippen molar-refractivity contribution in [2.75, 3.05) is 0 Å². The SMILES string of the molecule is CC(=O)N[C@H]1C[C@@H](c2cnc3ccccc3c2)O[C@@H](c2cc(F)cc(F)c2)C1. The lowest BCUT2D eigenvalue weighted by molar-refractivity contribution is -0.122. The van der Waals surface area contributed by atoms with E-state index in [4.69, 9.17) is 4.74 Å². The summed E-state index contributed by atoms with van der Waals surface area (Å²) in [6.45, 7) is 1.46. The smallest absolute Gasteiger partial charge is 0.217 e. The summed E-state index contributed by atoms with van der Waals surface area (Å²) >= 11 is 0. The second kappa shape index (κ2) is 7.64. The third-order valence-corrected chi connectivity index (χ3v) is 4.97. The molecule has 0 bridgehead atoms. The van der Waals surface area contributed by atoms with Crippen LogP contribution in [0.5, 0.6) is 0 Å². The summed E-state index contributed by atoms with van der Waals surface area (Å²) < 4.78 is 33.6. The van der Waals surface area contributed by atoms with Gasteiger partial charge in [-0.25, -0.2) is 8.78 Å². The number of ether oxygens (including phenoxy) is 1. The van der Waals surface area contributed by atoms with Crippen molar-refractivity contribution in [3.63, 3.8) is 0 Å². The summed E-state index contributed by atoms with van der Waals surface area (Å²) in [5.41, 5.74) is 2.17. The van der Waals surface area contributed by atoms with Gasteiger partial charge in [0.15, 0.2) is 0 Å². The van der Waals surface area contributed by atoms with E-state index in [1.165, 1.54) is 19.1 Å². The molecule has 0 saturated carbocycles. The summed E-state index contributed by atoms with van der Waals surface area (Å²) in [5.74, 6) is -1.44. The molecule has 28 heavy (non-hydrogen) atoms. The van der Waals surface area contributed by atoms with Gasteiger partial charge in [-0.05, 0) is 48.2 Å². The van der Waals surface area contributed by atoms with Crippen molar-refractivity contribution in [2.45, 2.75) is 38.0 Å². The summed E-state index contributed by atoms with van der Waals surface area (Å²) in [4.78, 5) is 16.1. The number of nitrogens with one attached hydrogen (secondary N) is 1. The van der Waals surface area contributed by atoms with E-state index in [1.54, 1.807) is 6.20 Å². The first kappa shape index (κ1) is 18.5. The molecule has 6 heteroatoms. The molecule has 3 aromatic rings. The third-order valence-electron chi connectivity index (χ3n) is 4.97. The van der Waals surface area contributed by atoms with Crippen molar-refractivity contribution >= 4 is 16.8 Å². The Morgan fingerprint density at radius 1 is 1.04 bits per heavy atom. The summed E-state index contributed by atoms with van der Waals surface area (Å²) in [7, 11) is 0. The molecule has 0 aliphatic carbocycles. The molecule has 1 amide bonds. The number of fused-ring (bicyclic) bond motifs is 1. The Bertz CT molecular complexity index is 1000. The molecule has 2 aromatic carbocycles. The number of pyridine rings is 1. The first-order valence-electron chi connectivity index (χ1n) is 9.21. The highest BCUT2D eigenvalue weighted by atomic mass is 19.1. The Balaban J connectivity index is 1.67. The van der Waals surface area contributed by atoms with E-state index >= 15 is 0 Å². The second-order valence-corrected chi connectivity index (χ2v) is 7.15. The number of para-hydroxylation sites is 1. The van der Waals surface area contributed by atoms with Crippen LogP contribution >= 0.6 is 0 Å². The lowest BCUT2D eigenvalue weighted by atomic mass is 9.91. The van der Waals surface area contributed by atoms with Gasteiger partial charge in [-0.2, -0.15) is 0 Å². The van der Waals surface area contributed by atoms with Crippen molar-refractivity contribution in [3.05, 3.63) is 77.5 Å². The van der Waals surface area contributed by atoms with Gasteiger partial charge in [0.2, 0.25) is 5.91 Å². The van der Waals surface area contributed by atoms with Gasteiger partial charge in [-0.3, -0.25) is 9.78 Å². The fourth-order valence-electron chi connectivity index (χ4n) is 3.78. The van der Waals surface area contributed by atoms with Crippen molar-refractivity contribution in [1.82, 2.24) is 10.3 Å².